The number of amides is 1. The van der Waals surface area contributed by atoms with E-state index in [9.17, 15) is 4.79 Å². The van der Waals surface area contributed by atoms with Crippen LogP contribution in [0.4, 0.5) is 0 Å². The highest BCUT2D eigenvalue weighted by Gasteiger charge is 2.16. The SMILES string of the molecule is Cc1nn(CC(C)C)c(C)c1CCC(=O)NCc1cn(-c2ccccc2)nc1-c1ccccc1. The smallest absolute Gasteiger partial charge is 0.220 e. The second-order valence-electron chi connectivity index (χ2n) is 9.15. The highest BCUT2D eigenvalue weighted by atomic mass is 16.1. The Bertz CT molecular complexity index is 1240. The van der Waals surface area contributed by atoms with Crippen LogP contribution in [0.5, 0.6) is 0 Å². The Kier molecular flexibility index (Phi) is 7.26. The molecule has 1 N–H and O–H groups in total. The van der Waals surface area contributed by atoms with Crippen LogP contribution in [-0.2, 0) is 24.3 Å². The Morgan fingerprint density at radius 1 is 0.971 bits per heavy atom. The number of nitrogens with one attached hydrogen (secondary N) is 1. The van der Waals surface area contributed by atoms with Gasteiger partial charge in [-0.25, -0.2) is 4.68 Å². The standard InChI is InChI=1S/C28H33N5O/c1-20(2)18-32-22(4)26(21(3)30-32)15-16-27(34)29-17-24-19-33(25-13-9-6-10-14-25)31-28(24)23-11-7-5-8-12-23/h5-14,19-20H,15-18H2,1-4H3,(H,29,34). The summed E-state index contributed by atoms with van der Waals surface area (Å²) >= 11 is 0. The van der Waals surface area contributed by atoms with E-state index in [0.29, 0.717) is 25.3 Å². The average Bonchev–Trinajstić information content (AvgIpc) is 3.38. The Labute approximate surface area is 201 Å². The molecule has 4 rings (SSSR count). The fourth-order valence-corrected chi connectivity index (χ4v) is 4.23. The highest BCUT2D eigenvalue weighted by molar-refractivity contribution is 5.76. The molecule has 2 aromatic carbocycles. The molecule has 34 heavy (non-hydrogen) atoms. The first-order valence-electron chi connectivity index (χ1n) is 11.9. The van der Waals surface area contributed by atoms with E-state index in [2.05, 4.69) is 35.9 Å². The number of hydrogen-bond donors (Lipinski definition) is 1. The third-order valence-corrected chi connectivity index (χ3v) is 6.01. The van der Waals surface area contributed by atoms with Gasteiger partial charge in [0.25, 0.3) is 0 Å². The van der Waals surface area contributed by atoms with Crippen LogP contribution in [0.25, 0.3) is 16.9 Å². The Balaban J connectivity index is 1.45. The van der Waals surface area contributed by atoms with Gasteiger partial charge in [-0.1, -0.05) is 62.4 Å². The lowest BCUT2D eigenvalue weighted by Gasteiger charge is -2.08. The molecule has 4 aromatic rings. The topological polar surface area (TPSA) is 64.7 Å². The van der Waals surface area contributed by atoms with Crippen molar-refractivity contribution in [1.29, 1.82) is 0 Å². The molecular formula is C28H33N5O. The van der Waals surface area contributed by atoms with Crippen molar-refractivity contribution in [2.24, 2.45) is 5.92 Å². The molecule has 0 radical (unpaired) electrons. The van der Waals surface area contributed by atoms with E-state index in [0.717, 1.165) is 40.4 Å². The molecule has 0 aliphatic heterocycles. The lowest BCUT2D eigenvalue weighted by atomic mass is 10.1. The summed E-state index contributed by atoms with van der Waals surface area (Å²) in [6.07, 6.45) is 3.13. The van der Waals surface area contributed by atoms with Gasteiger partial charge in [-0.2, -0.15) is 10.2 Å². The lowest BCUT2D eigenvalue weighted by Crippen LogP contribution is -2.23. The second kappa shape index (κ2) is 10.5. The van der Waals surface area contributed by atoms with Crippen molar-refractivity contribution in [3.8, 4) is 16.9 Å². The zero-order valence-electron chi connectivity index (χ0n) is 20.5. The Morgan fingerprint density at radius 2 is 1.65 bits per heavy atom. The van der Waals surface area contributed by atoms with Crippen LogP contribution in [0.15, 0.2) is 66.9 Å². The number of benzene rings is 2. The minimum atomic E-state index is 0.0295. The monoisotopic (exact) mass is 455 g/mol. The van der Waals surface area contributed by atoms with E-state index in [4.69, 9.17) is 5.10 Å². The van der Waals surface area contributed by atoms with Crippen LogP contribution in [0.2, 0.25) is 0 Å². The van der Waals surface area contributed by atoms with E-state index in [1.807, 2.05) is 78.5 Å². The van der Waals surface area contributed by atoms with Crippen molar-refractivity contribution < 1.29 is 4.79 Å². The van der Waals surface area contributed by atoms with Crippen molar-refractivity contribution >= 4 is 5.91 Å². The zero-order valence-corrected chi connectivity index (χ0v) is 20.5. The van der Waals surface area contributed by atoms with Gasteiger partial charge in [-0.15, -0.1) is 0 Å². The maximum absolute atomic E-state index is 12.8. The second-order valence-corrected chi connectivity index (χ2v) is 9.15. The molecule has 0 aliphatic carbocycles. The van der Waals surface area contributed by atoms with Gasteiger partial charge < -0.3 is 5.32 Å². The summed E-state index contributed by atoms with van der Waals surface area (Å²) in [6.45, 7) is 9.83. The third-order valence-electron chi connectivity index (χ3n) is 6.01. The maximum atomic E-state index is 12.8. The van der Waals surface area contributed by atoms with Crippen molar-refractivity contribution in [3.63, 3.8) is 0 Å². The molecule has 176 valence electrons. The van der Waals surface area contributed by atoms with Crippen LogP contribution in [0.3, 0.4) is 0 Å². The van der Waals surface area contributed by atoms with Crippen LogP contribution in [0.1, 0.15) is 42.8 Å². The van der Waals surface area contributed by atoms with Crippen LogP contribution >= 0.6 is 0 Å². The quantitative estimate of drug-likeness (QED) is 0.374. The van der Waals surface area contributed by atoms with Gasteiger partial charge in [-0.05, 0) is 43.9 Å². The molecule has 0 saturated carbocycles. The number of aryl methyl sites for hydroxylation is 1. The molecule has 2 aromatic heterocycles. The average molecular weight is 456 g/mol. The van der Waals surface area contributed by atoms with E-state index in [1.54, 1.807) is 0 Å². The van der Waals surface area contributed by atoms with Gasteiger partial charge in [0, 0.05) is 42.5 Å². The molecule has 2 heterocycles. The van der Waals surface area contributed by atoms with Crippen molar-refractivity contribution in [1.82, 2.24) is 24.9 Å². The number of aromatic nitrogens is 4. The molecule has 6 nitrogen and oxygen atoms in total. The Hall–Kier alpha value is -3.67. The number of rotatable bonds is 9. The van der Waals surface area contributed by atoms with E-state index >= 15 is 0 Å². The minimum Gasteiger partial charge on any atom is -0.352 e. The van der Waals surface area contributed by atoms with Crippen LogP contribution in [0, 0.1) is 19.8 Å². The van der Waals surface area contributed by atoms with Gasteiger partial charge in [0.15, 0.2) is 0 Å². The van der Waals surface area contributed by atoms with Gasteiger partial charge >= 0.3 is 0 Å². The summed E-state index contributed by atoms with van der Waals surface area (Å²) in [6, 6.07) is 20.1. The number of hydrogen-bond acceptors (Lipinski definition) is 3. The van der Waals surface area contributed by atoms with Crippen molar-refractivity contribution in [2.45, 2.75) is 53.6 Å². The fourth-order valence-electron chi connectivity index (χ4n) is 4.23. The van der Waals surface area contributed by atoms with Crippen molar-refractivity contribution in [2.75, 3.05) is 0 Å². The first kappa shape index (κ1) is 23.5. The van der Waals surface area contributed by atoms with Gasteiger partial charge in [0.2, 0.25) is 5.91 Å². The first-order valence-corrected chi connectivity index (χ1v) is 11.9. The molecule has 0 saturated heterocycles. The molecular weight excluding hydrogens is 422 g/mol. The molecule has 0 unspecified atom stereocenters. The number of nitrogens with zero attached hydrogens (tertiary/aromatic N) is 4. The summed E-state index contributed by atoms with van der Waals surface area (Å²) < 4.78 is 3.94. The summed E-state index contributed by atoms with van der Waals surface area (Å²) in [5.74, 6) is 0.562. The molecule has 6 heteroatoms. The largest absolute Gasteiger partial charge is 0.352 e. The number of carbonyl (C=O) groups excluding carboxylic acids is 1. The molecule has 1 amide bonds. The first-order chi connectivity index (χ1) is 16.4. The zero-order chi connectivity index (χ0) is 24.1. The highest BCUT2D eigenvalue weighted by Crippen LogP contribution is 2.24. The molecule has 0 spiro atoms. The lowest BCUT2D eigenvalue weighted by molar-refractivity contribution is -0.121. The van der Waals surface area contributed by atoms with E-state index in [-0.39, 0.29) is 5.91 Å². The predicted molar refractivity (Wildman–Crippen MR) is 136 cm³/mol. The van der Waals surface area contributed by atoms with Gasteiger partial charge in [0.05, 0.1) is 17.1 Å². The minimum absolute atomic E-state index is 0.0295. The fraction of sp³-hybridized carbons (Fsp3) is 0.321. The summed E-state index contributed by atoms with van der Waals surface area (Å²) in [7, 11) is 0. The normalized spacial score (nSPS) is 11.2. The molecule has 0 aliphatic rings. The van der Waals surface area contributed by atoms with Crippen LogP contribution < -0.4 is 5.32 Å². The Morgan fingerprint density at radius 3 is 2.32 bits per heavy atom. The number of carbonyl (C=O) groups is 1. The molecule has 0 fully saturated rings. The molecule has 0 bridgehead atoms. The van der Waals surface area contributed by atoms with Crippen LogP contribution in [-0.4, -0.2) is 25.5 Å². The number of para-hydroxylation sites is 1. The van der Waals surface area contributed by atoms with E-state index < -0.39 is 0 Å². The van der Waals surface area contributed by atoms with Gasteiger partial charge in [-0.3, -0.25) is 9.48 Å². The predicted octanol–water partition coefficient (Wildman–Crippen LogP) is 5.26. The maximum Gasteiger partial charge on any atom is 0.220 e. The van der Waals surface area contributed by atoms with E-state index in [1.165, 1.54) is 5.56 Å². The van der Waals surface area contributed by atoms with Crippen molar-refractivity contribution in [3.05, 3.63) is 89.4 Å². The summed E-state index contributed by atoms with van der Waals surface area (Å²) in [5, 5.41) is 12.6. The summed E-state index contributed by atoms with van der Waals surface area (Å²) in [4.78, 5) is 12.8. The molecule has 0 atom stereocenters. The summed E-state index contributed by atoms with van der Waals surface area (Å²) in [5.41, 5.74) is 7.24. The third kappa shape index (κ3) is 5.45. The van der Waals surface area contributed by atoms with Gasteiger partial charge in [0.1, 0.15) is 0 Å².